The van der Waals surface area contributed by atoms with Crippen LogP contribution in [0.5, 0.6) is 28.7 Å². The summed E-state index contributed by atoms with van der Waals surface area (Å²) in [6, 6.07) is 10.3. The van der Waals surface area contributed by atoms with Gasteiger partial charge in [0.15, 0.2) is 29.5 Å². The van der Waals surface area contributed by atoms with Crippen LogP contribution >= 0.6 is 0 Å². The molecule has 2 heterocycles. The van der Waals surface area contributed by atoms with Crippen LogP contribution in [-0.4, -0.2) is 47.7 Å². The molecule has 1 aliphatic rings. The summed E-state index contributed by atoms with van der Waals surface area (Å²) >= 11 is 0. The van der Waals surface area contributed by atoms with E-state index in [1.54, 1.807) is 61.5 Å². The van der Waals surface area contributed by atoms with Gasteiger partial charge in [-0.05, 0) is 55.7 Å². The summed E-state index contributed by atoms with van der Waals surface area (Å²) in [6.07, 6.45) is 2.13. The monoisotopic (exact) mass is 570 g/mol. The molecule has 1 amide bonds. The number of carbonyl (C=O) groups is 1. The molecule has 9 nitrogen and oxygen atoms in total. The molecule has 1 fully saturated rings. The number of aryl methyl sites for hydroxylation is 1. The van der Waals surface area contributed by atoms with Gasteiger partial charge in [0.1, 0.15) is 11.5 Å². The molecule has 0 bridgehead atoms. The van der Waals surface area contributed by atoms with Gasteiger partial charge in [0, 0.05) is 23.3 Å². The van der Waals surface area contributed by atoms with Crippen molar-refractivity contribution >= 4 is 22.5 Å². The van der Waals surface area contributed by atoms with Crippen LogP contribution in [0.1, 0.15) is 47.8 Å². The van der Waals surface area contributed by atoms with Crippen molar-refractivity contribution in [2.45, 2.75) is 44.8 Å². The highest BCUT2D eigenvalue weighted by molar-refractivity contribution is 6.04. The van der Waals surface area contributed by atoms with Gasteiger partial charge in [0.05, 0.1) is 32.0 Å². The number of rotatable bonds is 9. The molecule has 2 aromatic heterocycles. The van der Waals surface area contributed by atoms with E-state index in [4.69, 9.17) is 18.9 Å². The molecular formula is C29H29F3N4O5. The van der Waals surface area contributed by atoms with E-state index in [1.165, 1.54) is 6.20 Å². The van der Waals surface area contributed by atoms with Crippen LogP contribution < -0.4 is 24.3 Å². The maximum absolute atomic E-state index is 13.1. The van der Waals surface area contributed by atoms with E-state index in [9.17, 15) is 18.0 Å². The van der Waals surface area contributed by atoms with Crippen LogP contribution in [0.4, 0.5) is 18.9 Å². The third-order valence-electron chi connectivity index (χ3n) is 6.86. The minimum atomic E-state index is -4.55. The van der Waals surface area contributed by atoms with Crippen molar-refractivity contribution in [2.75, 3.05) is 26.1 Å². The molecule has 1 aliphatic carbocycles. The minimum absolute atomic E-state index is 0.0220. The first-order chi connectivity index (χ1) is 19.6. The second-order valence-corrected chi connectivity index (χ2v) is 9.73. The quantitative estimate of drug-likeness (QED) is 0.235. The zero-order chi connectivity index (χ0) is 29.1. The van der Waals surface area contributed by atoms with Crippen LogP contribution in [0.25, 0.3) is 10.9 Å². The zero-order valence-corrected chi connectivity index (χ0v) is 22.7. The molecule has 5 rings (SSSR count). The number of hydrogen-bond donors (Lipinski definition) is 1. The highest BCUT2D eigenvalue weighted by Gasteiger charge is 2.31. The smallest absolute Gasteiger partial charge is 0.422 e. The molecule has 0 radical (unpaired) electrons. The number of carbonyl (C=O) groups excluding carboxylic acids is 1. The number of nitrogens with zero attached hydrogens (tertiary/aromatic N) is 3. The number of benzene rings is 2. The Hall–Kier alpha value is -4.48. The number of aromatic nitrogens is 3. The number of fused-ring (bicyclic) bond motifs is 1. The third-order valence-corrected chi connectivity index (χ3v) is 6.86. The number of hydrogen-bond acceptors (Lipinski definition) is 7. The van der Waals surface area contributed by atoms with Crippen molar-refractivity contribution in [3.05, 3.63) is 60.0 Å². The minimum Gasteiger partial charge on any atom is -0.493 e. The Bertz CT molecular complexity index is 1560. The largest absolute Gasteiger partial charge is 0.493 e. The average molecular weight is 571 g/mol. The molecule has 0 spiro atoms. The lowest BCUT2D eigenvalue weighted by molar-refractivity contribution is -0.153. The fourth-order valence-corrected chi connectivity index (χ4v) is 4.84. The van der Waals surface area contributed by atoms with Gasteiger partial charge in [0.2, 0.25) is 0 Å². The number of methoxy groups -OCH3 is 2. The van der Waals surface area contributed by atoms with Crippen LogP contribution in [-0.2, 0) is 0 Å². The van der Waals surface area contributed by atoms with Gasteiger partial charge in [-0.2, -0.15) is 18.3 Å². The Morgan fingerprint density at radius 3 is 2.41 bits per heavy atom. The van der Waals surface area contributed by atoms with E-state index >= 15 is 0 Å². The lowest BCUT2D eigenvalue weighted by Crippen LogP contribution is -2.21. The highest BCUT2D eigenvalue weighted by Crippen LogP contribution is 2.38. The van der Waals surface area contributed by atoms with E-state index in [2.05, 4.69) is 15.4 Å². The Morgan fingerprint density at radius 1 is 1.00 bits per heavy atom. The summed E-state index contributed by atoms with van der Waals surface area (Å²) in [5.74, 6) is 1.26. The number of halogens is 3. The molecule has 2 aromatic carbocycles. The highest BCUT2D eigenvalue weighted by atomic mass is 19.4. The second-order valence-electron chi connectivity index (χ2n) is 9.73. The molecule has 1 N–H and O–H groups in total. The standard InChI is InChI=1S/C29H29F3N4O5/c1-17-12-18(8-9-22(17)41-23-10-11-33-21-14-25(39-3)24(38-2)13-20(21)23)34-28(37)27-26(40-16-29(30,31)32)15-36(35-27)19-6-4-5-7-19/h8-15,19H,4-7,16H2,1-3H3,(H,34,37). The average Bonchev–Trinajstić information content (AvgIpc) is 3.63. The summed E-state index contributed by atoms with van der Waals surface area (Å²) < 4.78 is 62.0. The maximum atomic E-state index is 13.1. The van der Waals surface area contributed by atoms with Crippen LogP contribution in [0.15, 0.2) is 48.8 Å². The van der Waals surface area contributed by atoms with E-state index in [0.717, 1.165) is 25.7 Å². The Balaban J connectivity index is 1.36. The predicted octanol–water partition coefficient (Wildman–Crippen LogP) is 6.86. The van der Waals surface area contributed by atoms with E-state index < -0.39 is 18.7 Å². The van der Waals surface area contributed by atoms with Crippen LogP contribution in [0.2, 0.25) is 0 Å². The maximum Gasteiger partial charge on any atom is 0.422 e. The van der Waals surface area contributed by atoms with Crippen molar-refractivity contribution in [2.24, 2.45) is 0 Å². The Kier molecular flexibility index (Phi) is 7.91. The molecule has 0 unspecified atom stereocenters. The molecule has 41 heavy (non-hydrogen) atoms. The second kappa shape index (κ2) is 11.6. The molecule has 216 valence electrons. The number of amides is 1. The van der Waals surface area contributed by atoms with Gasteiger partial charge in [-0.3, -0.25) is 14.5 Å². The molecule has 0 saturated heterocycles. The van der Waals surface area contributed by atoms with Gasteiger partial charge >= 0.3 is 6.18 Å². The lowest BCUT2D eigenvalue weighted by atomic mass is 10.1. The van der Waals surface area contributed by atoms with Crippen molar-refractivity contribution < 1.29 is 36.9 Å². The van der Waals surface area contributed by atoms with Crippen molar-refractivity contribution in [3.63, 3.8) is 0 Å². The number of anilines is 1. The SMILES string of the molecule is COc1cc2nccc(Oc3ccc(NC(=O)c4nn(C5CCCC5)cc4OCC(F)(F)F)cc3C)c2cc1OC. The summed E-state index contributed by atoms with van der Waals surface area (Å²) in [5.41, 5.74) is 1.58. The Labute approximate surface area is 234 Å². The number of pyridine rings is 1. The third kappa shape index (κ3) is 6.31. The molecular weight excluding hydrogens is 541 g/mol. The lowest BCUT2D eigenvalue weighted by Gasteiger charge is -2.14. The van der Waals surface area contributed by atoms with Crippen molar-refractivity contribution in [1.29, 1.82) is 0 Å². The summed E-state index contributed by atoms with van der Waals surface area (Å²) in [6.45, 7) is 0.293. The fourth-order valence-electron chi connectivity index (χ4n) is 4.84. The Morgan fingerprint density at radius 2 is 1.73 bits per heavy atom. The molecule has 12 heteroatoms. The van der Waals surface area contributed by atoms with Crippen LogP contribution in [0, 0.1) is 6.92 Å². The summed E-state index contributed by atoms with van der Waals surface area (Å²) in [5, 5.41) is 7.73. The first kappa shape index (κ1) is 28.1. The normalized spacial score (nSPS) is 13.8. The summed E-state index contributed by atoms with van der Waals surface area (Å²) in [4.78, 5) is 17.5. The van der Waals surface area contributed by atoms with Gasteiger partial charge < -0.3 is 24.3 Å². The number of ether oxygens (including phenoxy) is 4. The first-order valence-corrected chi connectivity index (χ1v) is 13.0. The number of alkyl halides is 3. The van der Waals surface area contributed by atoms with E-state index in [0.29, 0.717) is 45.2 Å². The molecule has 4 aromatic rings. The van der Waals surface area contributed by atoms with Gasteiger partial charge in [-0.25, -0.2) is 0 Å². The zero-order valence-electron chi connectivity index (χ0n) is 22.7. The first-order valence-electron chi connectivity index (χ1n) is 13.0. The molecule has 1 saturated carbocycles. The van der Waals surface area contributed by atoms with E-state index in [1.807, 2.05) is 6.92 Å². The summed E-state index contributed by atoms with van der Waals surface area (Å²) in [7, 11) is 3.09. The van der Waals surface area contributed by atoms with Gasteiger partial charge in [-0.15, -0.1) is 0 Å². The van der Waals surface area contributed by atoms with E-state index in [-0.39, 0.29) is 17.5 Å². The van der Waals surface area contributed by atoms with Gasteiger partial charge in [-0.1, -0.05) is 12.8 Å². The van der Waals surface area contributed by atoms with Crippen LogP contribution in [0.3, 0.4) is 0 Å². The van der Waals surface area contributed by atoms with Crippen molar-refractivity contribution in [1.82, 2.24) is 14.8 Å². The molecule has 0 atom stereocenters. The molecule has 0 aliphatic heterocycles. The predicted molar refractivity (Wildman–Crippen MR) is 145 cm³/mol. The fraction of sp³-hybridized carbons (Fsp3) is 0.345. The topological polar surface area (TPSA) is 96.7 Å². The van der Waals surface area contributed by atoms with Gasteiger partial charge in [0.25, 0.3) is 5.91 Å². The number of nitrogens with one attached hydrogen (secondary N) is 1. The van der Waals surface area contributed by atoms with Crippen molar-refractivity contribution in [3.8, 4) is 28.7 Å².